The minimum Gasteiger partial charge on any atom is -0.391 e. The summed E-state index contributed by atoms with van der Waals surface area (Å²) < 4.78 is 0. The predicted octanol–water partition coefficient (Wildman–Crippen LogP) is 3.15. The number of hydrogen-bond donors (Lipinski definition) is 1. The lowest BCUT2D eigenvalue weighted by molar-refractivity contribution is -0.0190. The quantitative estimate of drug-likeness (QED) is 0.836. The predicted molar refractivity (Wildman–Crippen MR) is 80.6 cm³/mol. The summed E-state index contributed by atoms with van der Waals surface area (Å²) in [4.78, 5) is 6.29. The number of likely N-dealkylation sites (N-methyl/N-ethyl adjacent to an activating group) is 1. The van der Waals surface area contributed by atoms with Gasteiger partial charge in [0.2, 0.25) is 0 Å². The van der Waals surface area contributed by atoms with Crippen molar-refractivity contribution >= 4 is 11.6 Å². The lowest BCUT2D eigenvalue weighted by Gasteiger charge is -2.43. The van der Waals surface area contributed by atoms with Crippen molar-refractivity contribution in [2.45, 2.75) is 52.2 Å². The van der Waals surface area contributed by atoms with Crippen molar-refractivity contribution in [1.29, 1.82) is 0 Å². The van der Waals surface area contributed by atoms with Gasteiger partial charge in [-0.1, -0.05) is 32.4 Å². The van der Waals surface area contributed by atoms with E-state index in [2.05, 4.69) is 37.6 Å². The number of halogens is 1. The van der Waals surface area contributed by atoms with Gasteiger partial charge in [-0.2, -0.15) is 0 Å². The minimum atomic E-state index is -0.447. The van der Waals surface area contributed by atoms with Gasteiger partial charge in [-0.25, -0.2) is 0 Å². The van der Waals surface area contributed by atoms with Crippen LogP contribution in [0, 0.1) is 0 Å². The van der Waals surface area contributed by atoms with E-state index in [1.54, 1.807) is 12.4 Å². The fourth-order valence-electron chi connectivity index (χ4n) is 2.61. The number of nitrogens with zero attached hydrogens (tertiary/aromatic N) is 2. The molecule has 0 aliphatic carbocycles. The first-order valence-corrected chi connectivity index (χ1v) is 7.38. The third kappa shape index (κ3) is 3.68. The lowest BCUT2D eigenvalue weighted by atomic mass is 9.85. The third-order valence-electron chi connectivity index (χ3n) is 4.19. The number of hydrogen-bond acceptors (Lipinski definition) is 3. The van der Waals surface area contributed by atoms with Crippen LogP contribution in [0.4, 0.5) is 0 Å². The largest absolute Gasteiger partial charge is 0.391 e. The summed E-state index contributed by atoms with van der Waals surface area (Å²) in [5, 5.41) is 11.3. The first kappa shape index (κ1) is 16.4. The van der Waals surface area contributed by atoms with E-state index in [0.717, 1.165) is 25.1 Å². The van der Waals surface area contributed by atoms with Crippen molar-refractivity contribution in [3.63, 3.8) is 0 Å². The van der Waals surface area contributed by atoms with Gasteiger partial charge in [0, 0.05) is 24.4 Å². The molecular weight excluding hydrogens is 260 g/mol. The molecule has 1 aromatic rings. The summed E-state index contributed by atoms with van der Waals surface area (Å²) in [6.07, 6.45) is 4.36. The molecule has 0 bridgehead atoms. The van der Waals surface area contributed by atoms with Crippen molar-refractivity contribution in [3.05, 3.63) is 29.0 Å². The van der Waals surface area contributed by atoms with Crippen molar-refractivity contribution in [1.82, 2.24) is 9.88 Å². The van der Waals surface area contributed by atoms with Crippen LogP contribution in [0.5, 0.6) is 0 Å². The van der Waals surface area contributed by atoms with Gasteiger partial charge in [-0.05, 0) is 38.1 Å². The maximum atomic E-state index is 10.7. The Bertz CT molecular complexity index is 395. The van der Waals surface area contributed by atoms with E-state index in [1.165, 1.54) is 0 Å². The van der Waals surface area contributed by atoms with E-state index in [9.17, 15) is 5.11 Å². The molecule has 4 heteroatoms. The van der Waals surface area contributed by atoms with Crippen LogP contribution in [-0.2, 0) is 6.42 Å². The van der Waals surface area contributed by atoms with Crippen LogP contribution < -0.4 is 0 Å². The molecular formula is C15H25ClN2O. The maximum Gasteiger partial charge on any atom is 0.0761 e. The maximum absolute atomic E-state index is 10.7. The second-order valence-electron chi connectivity index (χ2n) is 5.07. The minimum absolute atomic E-state index is 0.226. The van der Waals surface area contributed by atoms with Gasteiger partial charge >= 0.3 is 0 Å². The molecule has 0 aliphatic rings. The molecule has 0 saturated heterocycles. The van der Waals surface area contributed by atoms with Crippen molar-refractivity contribution in [3.8, 4) is 0 Å². The van der Waals surface area contributed by atoms with E-state index >= 15 is 0 Å². The topological polar surface area (TPSA) is 36.4 Å². The number of aliphatic hydroxyl groups excluding tert-OH is 1. The molecule has 3 nitrogen and oxygen atoms in total. The Morgan fingerprint density at radius 3 is 2.47 bits per heavy atom. The van der Waals surface area contributed by atoms with E-state index in [0.29, 0.717) is 11.4 Å². The molecule has 1 aromatic heterocycles. The summed E-state index contributed by atoms with van der Waals surface area (Å²) in [6, 6.07) is 1.88. The van der Waals surface area contributed by atoms with E-state index in [1.807, 2.05) is 6.07 Å². The molecule has 0 spiro atoms. The lowest BCUT2D eigenvalue weighted by Crippen LogP contribution is -2.54. The van der Waals surface area contributed by atoms with Crippen LogP contribution in [0.2, 0.25) is 5.02 Å². The number of rotatable bonds is 7. The molecule has 0 aromatic carbocycles. The van der Waals surface area contributed by atoms with Gasteiger partial charge in [0.1, 0.15) is 0 Å². The standard InChI is InChI=1S/C15H25ClN2O/c1-5-15(4,18(6-2)7-3)14(19)10-12-8-9-17-11-13(12)16/h8-9,11,14,19H,5-7,10H2,1-4H3. The highest BCUT2D eigenvalue weighted by Crippen LogP contribution is 2.27. The molecule has 19 heavy (non-hydrogen) atoms. The van der Waals surface area contributed by atoms with Gasteiger partial charge in [0.15, 0.2) is 0 Å². The van der Waals surface area contributed by atoms with Crippen molar-refractivity contribution < 1.29 is 5.11 Å². The number of pyridine rings is 1. The Hall–Kier alpha value is -0.640. The molecule has 2 atom stereocenters. The molecule has 108 valence electrons. The fourth-order valence-corrected chi connectivity index (χ4v) is 2.81. The van der Waals surface area contributed by atoms with Crippen LogP contribution >= 0.6 is 11.6 Å². The van der Waals surface area contributed by atoms with Crippen molar-refractivity contribution in [2.24, 2.45) is 0 Å². The molecule has 2 unspecified atom stereocenters. The third-order valence-corrected chi connectivity index (χ3v) is 4.53. The van der Waals surface area contributed by atoms with Crippen LogP contribution in [0.1, 0.15) is 39.7 Å². The first-order valence-electron chi connectivity index (χ1n) is 7.01. The highest BCUT2D eigenvalue weighted by Gasteiger charge is 2.36. The Morgan fingerprint density at radius 2 is 2.00 bits per heavy atom. The first-order chi connectivity index (χ1) is 8.99. The summed E-state index contributed by atoms with van der Waals surface area (Å²) in [5.41, 5.74) is 0.729. The molecule has 1 heterocycles. The van der Waals surface area contributed by atoms with E-state index in [4.69, 9.17) is 11.6 Å². The van der Waals surface area contributed by atoms with E-state index < -0.39 is 6.10 Å². The van der Waals surface area contributed by atoms with Crippen LogP contribution in [0.25, 0.3) is 0 Å². The smallest absolute Gasteiger partial charge is 0.0761 e. The molecule has 0 radical (unpaired) electrons. The normalized spacial score (nSPS) is 16.4. The molecule has 0 saturated carbocycles. The number of aliphatic hydroxyl groups is 1. The fraction of sp³-hybridized carbons (Fsp3) is 0.667. The van der Waals surface area contributed by atoms with Crippen LogP contribution in [-0.4, -0.2) is 39.7 Å². The zero-order chi connectivity index (χ0) is 14.5. The monoisotopic (exact) mass is 284 g/mol. The van der Waals surface area contributed by atoms with Crippen LogP contribution in [0.15, 0.2) is 18.5 Å². The second kappa shape index (κ2) is 7.22. The second-order valence-corrected chi connectivity index (χ2v) is 5.48. The molecule has 0 fully saturated rings. The highest BCUT2D eigenvalue weighted by molar-refractivity contribution is 6.31. The van der Waals surface area contributed by atoms with Gasteiger partial charge < -0.3 is 5.11 Å². The number of aromatic nitrogens is 1. The Balaban J connectivity index is 2.90. The summed E-state index contributed by atoms with van der Waals surface area (Å²) >= 11 is 6.12. The van der Waals surface area contributed by atoms with Crippen molar-refractivity contribution in [2.75, 3.05) is 13.1 Å². The van der Waals surface area contributed by atoms with Crippen LogP contribution in [0.3, 0.4) is 0 Å². The SMILES string of the molecule is CCN(CC)C(C)(CC)C(O)Cc1ccncc1Cl. The summed E-state index contributed by atoms with van der Waals surface area (Å²) in [5.74, 6) is 0. The van der Waals surface area contributed by atoms with Gasteiger partial charge in [-0.3, -0.25) is 9.88 Å². The average Bonchev–Trinajstić information content (AvgIpc) is 2.42. The summed E-state index contributed by atoms with van der Waals surface area (Å²) in [7, 11) is 0. The van der Waals surface area contributed by atoms with Gasteiger partial charge in [0.05, 0.1) is 11.1 Å². The molecule has 0 amide bonds. The van der Waals surface area contributed by atoms with E-state index in [-0.39, 0.29) is 5.54 Å². The zero-order valence-corrected chi connectivity index (χ0v) is 13.1. The average molecular weight is 285 g/mol. The Labute approximate surface area is 121 Å². The molecule has 0 aliphatic heterocycles. The molecule has 1 rings (SSSR count). The Morgan fingerprint density at radius 1 is 1.37 bits per heavy atom. The summed E-state index contributed by atoms with van der Waals surface area (Å²) in [6.45, 7) is 10.4. The Kier molecular flexibility index (Phi) is 6.24. The highest BCUT2D eigenvalue weighted by atomic mass is 35.5. The zero-order valence-electron chi connectivity index (χ0n) is 12.4. The van der Waals surface area contributed by atoms with Gasteiger partial charge in [-0.15, -0.1) is 0 Å². The molecule has 1 N–H and O–H groups in total. The van der Waals surface area contributed by atoms with Gasteiger partial charge in [0.25, 0.3) is 0 Å².